The summed E-state index contributed by atoms with van der Waals surface area (Å²) in [5.41, 5.74) is 1.00. The zero-order chi connectivity index (χ0) is 19.9. The van der Waals surface area contributed by atoms with Crippen molar-refractivity contribution in [3.05, 3.63) is 64.7 Å². The van der Waals surface area contributed by atoms with Crippen LogP contribution in [-0.4, -0.2) is 43.6 Å². The van der Waals surface area contributed by atoms with Crippen LogP contribution in [0.3, 0.4) is 0 Å². The molecule has 11 heteroatoms. The number of aromatic nitrogens is 4. The van der Waals surface area contributed by atoms with Crippen LogP contribution in [0.4, 0.5) is 11.4 Å². The van der Waals surface area contributed by atoms with Crippen LogP contribution in [0.15, 0.2) is 54.6 Å². The quantitative estimate of drug-likeness (QED) is 0.367. The third-order valence-corrected chi connectivity index (χ3v) is 3.48. The average molecular weight is 382 g/mol. The highest BCUT2D eigenvalue weighted by Crippen LogP contribution is 2.15. The fourth-order valence-electron chi connectivity index (χ4n) is 2.18. The van der Waals surface area contributed by atoms with Crippen molar-refractivity contribution in [3.8, 4) is 11.4 Å². The van der Waals surface area contributed by atoms with Gasteiger partial charge in [-0.2, -0.15) is 4.80 Å². The van der Waals surface area contributed by atoms with Gasteiger partial charge in [0.05, 0.1) is 4.92 Å². The molecular formula is C17H14N6O5. The fourth-order valence-corrected chi connectivity index (χ4v) is 2.18. The third kappa shape index (κ3) is 4.94. The number of hydrogen-bond donors (Lipinski definition) is 1. The molecule has 0 bridgehead atoms. The second-order valence-corrected chi connectivity index (χ2v) is 5.52. The molecule has 142 valence electrons. The fraction of sp³-hybridized carbons (Fsp3) is 0.118. The van der Waals surface area contributed by atoms with E-state index in [0.717, 1.165) is 10.4 Å². The zero-order valence-electron chi connectivity index (χ0n) is 14.4. The third-order valence-electron chi connectivity index (χ3n) is 3.48. The van der Waals surface area contributed by atoms with E-state index in [1.165, 1.54) is 24.3 Å². The summed E-state index contributed by atoms with van der Waals surface area (Å²) in [6.45, 7) is -0.819. The maximum atomic E-state index is 11.8. The summed E-state index contributed by atoms with van der Waals surface area (Å²) in [7, 11) is 0. The molecule has 1 amide bonds. The monoisotopic (exact) mass is 382 g/mol. The van der Waals surface area contributed by atoms with Gasteiger partial charge in [0.25, 0.3) is 11.6 Å². The number of nitrogens with zero attached hydrogens (tertiary/aromatic N) is 5. The lowest BCUT2D eigenvalue weighted by atomic mass is 10.2. The van der Waals surface area contributed by atoms with E-state index in [0.29, 0.717) is 11.5 Å². The zero-order valence-corrected chi connectivity index (χ0v) is 14.4. The highest BCUT2D eigenvalue weighted by Gasteiger charge is 2.12. The van der Waals surface area contributed by atoms with Crippen LogP contribution >= 0.6 is 0 Å². The van der Waals surface area contributed by atoms with E-state index in [9.17, 15) is 19.7 Å². The van der Waals surface area contributed by atoms with Crippen molar-refractivity contribution in [1.29, 1.82) is 0 Å². The lowest BCUT2D eigenvalue weighted by Crippen LogP contribution is -2.23. The number of esters is 1. The molecule has 0 aliphatic carbocycles. The van der Waals surface area contributed by atoms with E-state index in [-0.39, 0.29) is 12.2 Å². The van der Waals surface area contributed by atoms with Gasteiger partial charge in [-0.1, -0.05) is 30.3 Å². The molecule has 0 saturated carbocycles. The van der Waals surface area contributed by atoms with Gasteiger partial charge < -0.3 is 10.1 Å². The largest absolute Gasteiger partial charge is 0.454 e. The van der Waals surface area contributed by atoms with E-state index in [4.69, 9.17) is 4.74 Å². The Kier molecular flexibility index (Phi) is 5.65. The van der Waals surface area contributed by atoms with Gasteiger partial charge in [-0.25, -0.2) is 4.79 Å². The number of tetrazole rings is 1. The van der Waals surface area contributed by atoms with Crippen LogP contribution < -0.4 is 5.32 Å². The average Bonchev–Trinajstić information content (AvgIpc) is 3.16. The molecule has 1 N–H and O–H groups in total. The molecule has 0 aliphatic heterocycles. The summed E-state index contributed by atoms with van der Waals surface area (Å²) in [4.78, 5) is 34.7. The predicted molar refractivity (Wildman–Crippen MR) is 95.9 cm³/mol. The van der Waals surface area contributed by atoms with Gasteiger partial charge in [-0.3, -0.25) is 14.9 Å². The second-order valence-electron chi connectivity index (χ2n) is 5.52. The molecular weight excluding hydrogens is 368 g/mol. The number of carbonyl (C=O) groups excluding carboxylic acids is 2. The molecule has 28 heavy (non-hydrogen) atoms. The smallest absolute Gasteiger partial charge is 0.330 e. The minimum absolute atomic E-state index is 0.0976. The van der Waals surface area contributed by atoms with E-state index in [1.807, 2.05) is 30.3 Å². The number of amides is 1. The van der Waals surface area contributed by atoms with Gasteiger partial charge in [0.1, 0.15) is 0 Å². The number of non-ortho nitro benzene ring substituents is 1. The summed E-state index contributed by atoms with van der Waals surface area (Å²) in [5, 5.41) is 24.8. The molecule has 0 fully saturated rings. The maximum Gasteiger partial charge on any atom is 0.330 e. The first-order valence-electron chi connectivity index (χ1n) is 8.04. The molecule has 0 atom stereocenters. The highest BCUT2D eigenvalue weighted by molar-refractivity contribution is 5.92. The first kappa shape index (κ1) is 18.6. The number of benzene rings is 2. The van der Waals surface area contributed by atoms with Gasteiger partial charge >= 0.3 is 5.97 Å². The summed E-state index contributed by atoms with van der Waals surface area (Å²) in [6.07, 6.45) is 0. The summed E-state index contributed by atoms with van der Waals surface area (Å²) < 4.78 is 4.87. The number of nitro groups is 1. The molecule has 11 nitrogen and oxygen atoms in total. The number of hydrogen-bond acceptors (Lipinski definition) is 8. The lowest BCUT2D eigenvalue weighted by Gasteiger charge is -2.06. The van der Waals surface area contributed by atoms with Crippen LogP contribution in [0.1, 0.15) is 0 Å². The molecule has 1 heterocycles. The van der Waals surface area contributed by atoms with Crippen molar-refractivity contribution < 1.29 is 19.2 Å². The molecule has 3 rings (SSSR count). The molecule has 3 aromatic rings. The Balaban J connectivity index is 1.47. The Morgan fingerprint density at radius 1 is 1.11 bits per heavy atom. The van der Waals surface area contributed by atoms with Crippen LogP contribution in [0, 0.1) is 10.1 Å². The van der Waals surface area contributed by atoms with Crippen LogP contribution in [0.2, 0.25) is 0 Å². The SMILES string of the molecule is O=C(COC(=O)Cn1nnc(-c2ccccc2)n1)Nc1ccc([N+](=O)[O-])cc1. The maximum absolute atomic E-state index is 11.8. The van der Waals surface area contributed by atoms with E-state index in [2.05, 4.69) is 20.7 Å². The van der Waals surface area contributed by atoms with Gasteiger partial charge in [0, 0.05) is 23.4 Å². The molecule has 0 spiro atoms. The van der Waals surface area contributed by atoms with Crippen LogP contribution in [-0.2, 0) is 20.9 Å². The van der Waals surface area contributed by atoms with Crippen molar-refractivity contribution in [2.45, 2.75) is 6.54 Å². The number of nitrogens with one attached hydrogen (secondary N) is 1. The Labute approximate surface area is 158 Å². The minimum Gasteiger partial charge on any atom is -0.454 e. The van der Waals surface area contributed by atoms with Gasteiger partial charge in [-0.15, -0.1) is 10.2 Å². The first-order valence-corrected chi connectivity index (χ1v) is 8.04. The van der Waals surface area contributed by atoms with Crippen molar-refractivity contribution in [1.82, 2.24) is 20.2 Å². The van der Waals surface area contributed by atoms with Gasteiger partial charge in [0.2, 0.25) is 5.82 Å². The molecule has 0 aliphatic rings. The number of nitro benzene ring substituents is 1. The van der Waals surface area contributed by atoms with E-state index in [1.54, 1.807) is 0 Å². The van der Waals surface area contributed by atoms with Crippen LogP contribution in [0.25, 0.3) is 11.4 Å². The Bertz CT molecular complexity index is 987. The Morgan fingerprint density at radius 3 is 2.50 bits per heavy atom. The van der Waals surface area contributed by atoms with E-state index >= 15 is 0 Å². The van der Waals surface area contributed by atoms with E-state index < -0.39 is 23.4 Å². The summed E-state index contributed by atoms with van der Waals surface area (Å²) in [6, 6.07) is 14.4. The number of anilines is 1. The van der Waals surface area contributed by atoms with Crippen molar-refractivity contribution >= 4 is 23.3 Å². The first-order chi connectivity index (χ1) is 13.5. The van der Waals surface area contributed by atoms with Gasteiger partial charge in [-0.05, 0) is 17.3 Å². The molecule has 2 aromatic carbocycles. The van der Waals surface area contributed by atoms with Gasteiger partial charge in [0.15, 0.2) is 13.2 Å². The minimum atomic E-state index is -0.712. The molecule has 1 aromatic heterocycles. The molecule has 0 unspecified atom stereocenters. The normalized spacial score (nSPS) is 10.3. The second kappa shape index (κ2) is 8.49. The predicted octanol–water partition coefficient (Wildman–Crippen LogP) is 1.43. The van der Waals surface area contributed by atoms with Crippen molar-refractivity contribution in [2.24, 2.45) is 0 Å². The summed E-state index contributed by atoms with van der Waals surface area (Å²) >= 11 is 0. The highest BCUT2D eigenvalue weighted by atomic mass is 16.6. The lowest BCUT2D eigenvalue weighted by molar-refractivity contribution is -0.384. The number of rotatable bonds is 7. The Morgan fingerprint density at radius 2 is 1.82 bits per heavy atom. The van der Waals surface area contributed by atoms with Crippen molar-refractivity contribution in [2.75, 3.05) is 11.9 Å². The standard InChI is InChI=1S/C17H14N6O5/c24-15(18-13-6-8-14(9-7-13)23(26)27)11-28-16(25)10-22-20-17(19-21-22)12-4-2-1-3-5-12/h1-9H,10-11H2,(H,18,24). The van der Waals surface area contributed by atoms with Crippen LogP contribution in [0.5, 0.6) is 0 Å². The molecule has 0 saturated heterocycles. The molecule has 0 radical (unpaired) electrons. The number of carbonyl (C=O) groups is 2. The number of ether oxygens (including phenoxy) is 1. The topological polar surface area (TPSA) is 142 Å². The van der Waals surface area contributed by atoms with Crippen molar-refractivity contribution in [3.63, 3.8) is 0 Å². The Hall–Kier alpha value is -4.15. The summed E-state index contributed by atoms with van der Waals surface area (Å²) in [5.74, 6) is -0.932.